The molecule has 0 aliphatic rings. The van der Waals surface area contributed by atoms with Gasteiger partial charge in [0.2, 0.25) is 0 Å². The third-order valence-corrected chi connectivity index (χ3v) is 2.85. The lowest BCUT2D eigenvalue weighted by Gasteiger charge is -2.11. The van der Waals surface area contributed by atoms with Crippen LogP contribution in [0.4, 0.5) is 0 Å². The van der Waals surface area contributed by atoms with Gasteiger partial charge in [-0.2, -0.15) is 0 Å². The van der Waals surface area contributed by atoms with Crippen LogP contribution >= 0.6 is 0 Å². The van der Waals surface area contributed by atoms with Crippen LogP contribution in [0.3, 0.4) is 0 Å². The monoisotopic (exact) mass is 242 g/mol. The molecule has 0 radical (unpaired) electrons. The van der Waals surface area contributed by atoms with E-state index in [1.165, 1.54) is 5.56 Å². The smallest absolute Gasteiger partial charge is 0.148 e. The first-order chi connectivity index (χ1) is 8.70. The molecule has 94 valence electrons. The van der Waals surface area contributed by atoms with Crippen LogP contribution in [-0.2, 0) is 6.42 Å². The summed E-state index contributed by atoms with van der Waals surface area (Å²) in [5.41, 5.74) is 8.80. The van der Waals surface area contributed by atoms with E-state index in [0.717, 1.165) is 29.2 Å². The van der Waals surface area contributed by atoms with E-state index in [9.17, 15) is 0 Å². The molecule has 0 bridgehead atoms. The predicted molar refractivity (Wildman–Crippen MR) is 73.0 cm³/mol. The molecule has 0 saturated heterocycles. The zero-order valence-electron chi connectivity index (χ0n) is 10.8. The van der Waals surface area contributed by atoms with Gasteiger partial charge in [-0.1, -0.05) is 12.1 Å². The van der Waals surface area contributed by atoms with Crippen LogP contribution in [0, 0.1) is 13.8 Å². The molecule has 2 aromatic rings. The number of nitrogens with zero attached hydrogens (tertiary/aromatic N) is 1. The fraction of sp³-hybridized carbons (Fsp3) is 0.267. The van der Waals surface area contributed by atoms with Crippen molar-refractivity contribution in [1.82, 2.24) is 4.98 Å². The number of nitrogens with two attached hydrogens (primary N) is 1. The summed E-state index contributed by atoms with van der Waals surface area (Å²) in [6.07, 6.45) is 2.66. The van der Waals surface area contributed by atoms with Crippen LogP contribution < -0.4 is 10.5 Å². The first-order valence-electron chi connectivity index (χ1n) is 6.10. The molecule has 1 aromatic carbocycles. The summed E-state index contributed by atoms with van der Waals surface area (Å²) in [7, 11) is 0. The van der Waals surface area contributed by atoms with E-state index in [4.69, 9.17) is 10.5 Å². The summed E-state index contributed by atoms with van der Waals surface area (Å²) >= 11 is 0. The molecule has 1 aromatic heterocycles. The van der Waals surface area contributed by atoms with Gasteiger partial charge in [-0.25, -0.2) is 0 Å². The Kier molecular flexibility index (Phi) is 3.95. The second-order valence-corrected chi connectivity index (χ2v) is 4.33. The second kappa shape index (κ2) is 5.65. The molecule has 0 spiro atoms. The van der Waals surface area contributed by atoms with Crippen molar-refractivity contribution in [3.8, 4) is 11.5 Å². The zero-order chi connectivity index (χ0) is 13.0. The van der Waals surface area contributed by atoms with E-state index in [1.807, 2.05) is 32.0 Å². The van der Waals surface area contributed by atoms with Gasteiger partial charge in [0.05, 0.1) is 5.69 Å². The third-order valence-electron chi connectivity index (χ3n) is 2.85. The van der Waals surface area contributed by atoms with Crippen molar-refractivity contribution in [3.63, 3.8) is 0 Å². The topological polar surface area (TPSA) is 48.1 Å². The number of ether oxygens (including phenoxy) is 1. The van der Waals surface area contributed by atoms with Gasteiger partial charge in [0, 0.05) is 6.20 Å². The number of rotatable bonds is 4. The Morgan fingerprint density at radius 3 is 2.67 bits per heavy atom. The molecule has 0 aliphatic heterocycles. The van der Waals surface area contributed by atoms with Gasteiger partial charge in [-0.15, -0.1) is 0 Å². The van der Waals surface area contributed by atoms with Crippen LogP contribution in [0.25, 0.3) is 0 Å². The van der Waals surface area contributed by atoms with E-state index < -0.39 is 0 Å². The van der Waals surface area contributed by atoms with Gasteiger partial charge in [0.15, 0.2) is 0 Å². The molecule has 18 heavy (non-hydrogen) atoms. The van der Waals surface area contributed by atoms with Gasteiger partial charge in [-0.3, -0.25) is 4.98 Å². The van der Waals surface area contributed by atoms with E-state index in [-0.39, 0.29) is 0 Å². The van der Waals surface area contributed by atoms with Crippen molar-refractivity contribution in [2.24, 2.45) is 5.73 Å². The molecule has 1 heterocycles. The first kappa shape index (κ1) is 12.6. The lowest BCUT2D eigenvalue weighted by molar-refractivity contribution is 0.472. The third kappa shape index (κ3) is 2.87. The summed E-state index contributed by atoms with van der Waals surface area (Å²) in [6, 6.07) is 9.97. The molecule has 2 rings (SSSR count). The molecule has 0 atom stereocenters. The molecule has 0 unspecified atom stereocenters. The van der Waals surface area contributed by atoms with Gasteiger partial charge in [-0.05, 0) is 56.1 Å². The number of hydrogen-bond donors (Lipinski definition) is 1. The average Bonchev–Trinajstić information content (AvgIpc) is 2.35. The summed E-state index contributed by atoms with van der Waals surface area (Å²) in [5, 5.41) is 0. The number of hydrogen-bond acceptors (Lipinski definition) is 3. The van der Waals surface area contributed by atoms with Crippen LogP contribution in [0.2, 0.25) is 0 Å². The molecular weight excluding hydrogens is 224 g/mol. The summed E-state index contributed by atoms with van der Waals surface area (Å²) in [6.45, 7) is 4.65. The molecule has 0 fully saturated rings. The standard InChI is InChI=1S/C15H18N2O/c1-11-10-13(7-8-16)5-6-14(11)18-15-4-3-9-17-12(15)2/h3-6,9-10H,7-8,16H2,1-2H3. The molecule has 0 amide bonds. The Morgan fingerprint density at radius 2 is 2.00 bits per heavy atom. The van der Waals surface area contributed by atoms with E-state index in [0.29, 0.717) is 6.54 Å². The molecule has 3 nitrogen and oxygen atoms in total. The van der Waals surface area contributed by atoms with Crippen LogP contribution in [0.5, 0.6) is 11.5 Å². The SMILES string of the molecule is Cc1cc(CCN)ccc1Oc1cccnc1C. The highest BCUT2D eigenvalue weighted by atomic mass is 16.5. The molecular formula is C15H18N2O. The Balaban J connectivity index is 2.22. The highest BCUT2D eigenvalue weighted by Crippen LogP contribution is 2.27. The highest BCUT2D eigenvalue weighted by molar-refractivity contribution is 5.40. The van der Waals surface area contributed by atoms with Gasteiger partial charge < -0.3 is 10.5 Å². The summed E-state index contributed by atoms with van der Waals surface area (Å²) in [4.78, 5) is 4.21. The second-order valence-electron chi connectivity index (χ2n) is 4.33. The van der Waals surface area contributed by atoms with E-state index in [2.05, 4.69) is 17.1 Å². The maximum absolute atomic E-state index is 5.88. The van der Waals surface area contributed by atoms with Crippen molar-refractivity contribution in [3.05, 3.63) is 53.3 Å². The molecule has 3 heteroatoms. The Labute approximate surface area is 108 Å². The van der Waals surface area contributed by atoms with Crippen molar-refractivity contribution >= 4 is 0 Å². The Morgan fingerprint density at radius 1 is 1.17 bits per heavy atom. The van der Waals surface area contributed by atoms with Crippen molar-refractivity contribution in [1.29, 1.82) is 0 Å². The van der Waals surface area contributed by atoms with Crippen molar-refractivity contribution < 1.29 is 4.74 Å². The van der Waals surface area contributed by atoms with Crippen LogP contribution in [0.15, 0.2) is 36.5 Å². The highest BCUT2D eigenvalue weighted by Gasteiger charge is 2.05. The fourth-order valence-electron chi connectivity index (χ4n) is 1.84. The largest absolute Gasteiger partial charge is 0.455 e. The number of benzene rings is 1. The van der Waals surface area contributed by atoms with E-state index >= 15 is 0 Å². The fourth-order valence-corrected chi connectivity index (χ4v) is 1.84. The maximum atomic E-state index is 5.88. The molecule has 0 aliphatic carbocycles. The number of aryl methyl sites for hydroxylation is 2. The normalized spacial score (nSPS) is 10.4. The quantitative estimate of drug-likeness (QED) is 0.896. The molecule has 0 saturated carbocycles. The number of aromatic nitrogens is 1. The van der Waals surface area contributed by atoms with Crippen molar-refractivity contribution in [2.75, 3.05) is 6.54 Å². The minimum absolute atomic E-state index is 0.668. The maximum Gasteiger partial charge on any atom is 0.148 e. The minimum atomic E-state index is 0.668. The minimum Gasteiger partial charge on any atom is -0.455 e. The summed E-state index contributed by atoms with van der Waals surface area (Å²) in [5.74, 6) is 1.67. The Bertz CT molecular complexity index is 538. The van der Waals surface area contributed by atoms with Gasteiger partial charge >= 0.3 is 0 Å². The Hall–Kier alpha value is -1.87. The summed E-state index contributed by atoms with van der Waals surface area (Å²) < 4.78 is 5.88. The average molecular weight is 242 g/mol. The first-order valence-corrected chi connectivity index (χ1v) is 6.10. The molecule has 2 N–H and O–H groups in total. The predicted octanol–water partition coefficient (Wildman–Crippen LogP) is 2.99. The lowest BCUT2D eigenvalue weighted by atomic mass is 10.1. The van der Waals surface area contributed by atoms with Crippen molar-refractivity contribution in [2.45, 2.75) is 20.3 Å². The lowest BCUT2D eigenvalue weighted by Crippen LogP contribution is -2.03. The zero-order valence-corrected chi connectivity index (χ0v) is 10.8. The van der Waals surface area contributed by atoms with Crippen LogP contribution in [-0.4, -0.2) is 11.5 Å². The van der Waals surface area contributed by atoms with Gasteiger partial charge in [0.25, 0.3) is 0 Å². The number of pyridine rings is 1. The van der Waals surface area contributed by atoms with Crippen LogP contribution in [0.1, 0.15) is 16.8 Å². The van der Waals surface area contributed by atoms with Gasteiger partial charge in [0.1, 0.15) is 11.5 Å². The van der Waals surface area contributed by atoms with E-state index in [1.54, 1.807) is 6.20 Å².